The van der Waals surface area contributed by atoms with Crippen molar-refractivity contribution in [1.82, 2.24) is 0 Å². The van der Waals surface area contributed by atoms with Gasteiger partial charge < -0.3 is 4.74 Å². The average Bonchev–Trinajstić information content (AvgIpc) is 2.82. The minimum absolute atomic E-state index is 0.0739. The lowest BCUT2D eigenvalue weighted by molar-refractivity contribution is 0.294. The molecule has 0 N–H and O–H groups in total. The lowest BCUT2D eigenvalue weighted by Gasteiger charge is -2.29. The maximum Gasteiger partial charge on any atom is 0.122 e. The molecule has 0 spiro atoms. The molecule has 15 heavy (non-hydrogen) atoms. The summed E-state index contributed by atoms with van der Waals surface area (Å²) in [7, 11) is -0.0739. The van der Waals surface area contributed by atoms with E-state index >= 15 is 0 Å². The van der Waals surface area contributed by atoms with E-state index in [2.05, 4.69) is 41.2 Å². The van der Waals surface area contributed by atoms with Crippen LogP contribution in [-0.4, -0.2) is 11.9 Å². The zero-order chi connectivity index (χ0) is 10.1. The number of rotatable bonds is 1. The van der Waals surface area contributed by atoms with E-state index in [1.54, 1.807) is 0 Å². The van der Waals surface area contributed by atoms with Crippen molar-refractivity contribution >= 4 is 10.9 Å². The molecule has 0 radical (unpaired) electrons. The first-order valence-electron chi connectivity index (χ1n) is 5.26. The second-order valence-corrected chi connectivity index (χ2v) is 6.13. The molecule has 0 aromatic heterocycles. The summed E-state index contributed by atoms with van der Waals surface area (Å²) in [6.45, 7) is 0.872. The molecule has 3 rings (SSSR count). The molecular weight excluding hydrogens is 204 g/mol. The highest BCUT2D eigenvalue weighted by Crippen LogP contribution is 2.42. The standard InChI is InChI=1S/C13H14OS/c1-2-6-13-11(5-1)9-12(10-14-13)15-7-3-4-8-15/h1-8,12,15H,9-10H2. The van der Waals surface area contributed by atoms with Gasteiger partial charge in [-0.05, 0) is 28.9 Å². The van der Waals surface area contributed by atoms with E-state index in [-0.39, 0.29) is 10.9 Å². The zero-order valence-corrected chi connectivity index (χ0v) is 9.36. The Morgan fingerprint density at radius 1 is 1.13 bits per heavy atom. The molecule has 2 heterocycles. The molecule has 1 nitrogen and oxygen atoms in total. The van der Waals surface area contributed by atoms with E-state index in [0.29, 0.717) is 5.25 Å². The number of ether oxygens (including phenoxy) is 1. The van der Waals surface area contributed by atoms with E-state index in [1.165, 1.54) is 5.56 Å². The molecule has 2 aliphatic rings. The minimum atomic E-state index is -0.0739. The second-order valence-electron chi connectivity index (χ2n) is 3.91. The summed E-state index contributed by atoms with van der Waals surface area (Å²) in [4.78, 5) is 0. The highest BCUT2D eigenvalue weighted by Gasteiger charge is 2.22. The lowest BCUT2D eigenvalue weighted by Crippen LogP contribution is -2.24. The smallest absolute Gasteiger partial charge is 0.122 e. The first-order valence-corrected chi connectivity index (χ1v) is 6.81. The van der Waals surface area contributed by atoms with Gasteiger partial charge in [0.15, 0.2) is 0 Å². The summed E-state index contributed by atoms with van der Waals surface area (Å²) < 4.78 is 5.80. The predicted octanol–water partition coefficient (Wildman–Crippen LogP) is 3.03. The zero-order valence-electron chi connectivity index (χ0n) is 8.47. The normalized spacial score (nSPS) is 25.1. The fourth-order valence-electron chi connectivity index (χ4n) is 2.09. The van der Waals surface area contributed by atoms with Crippen molar-refractivity contribution in [2.75, 3.05) is 6.61 Å². The third kappa shape index (κ3) is 1.70. The highest BCUT2D eigenvalue weighted by molar-refractivity contribution is 8.22. The van der Waals surface area contributed by atoms with Gasteiger partial charge >= 0.3 is 0 Å². The quantitative estimate of drug-likeness (QED) is 0.713. The summed E-state index contributed by atoms with van der Waals surface area (Å²) >= 11 is 0. The van der Waals surface area contributed by atoms with Gasteiger partial charge in [0.1, 0.15) is 5.75 Å². The van der Waals surface area contributed by atoms with E-state index in [4.69, 9.17) is 4.74 Å². The Kier molecular flexibility index (Phi) is 2.29. The molecule has 78 valence electrons. The summed E-state index contributed by atoms with van der Waals surface area (Å²) in [6, 6.07) is 8.39. The molecule has 0 saturated heterocycles. The first-order chi connectivity index (χ1) is 7.43. The fraction of sp³-hybridized carbons (Fsp3) is 0.231. The summed E-state index contributed by atoms with van der Waals surface area (Å²) in [5.41, 5.74) is 1.37. The van der Waals surface area contributed by atoms with E-state index in [1.807, 2.05) is 6.07 Å². The van der Waals surface area contributed by atoms with Crippen molar-refractivity contribution in [1.29, 1.82) is 0 Å². The van der Waals surface area contributed by atoms with E-state index in [0.717, 1.165) is 18.8 Å². The van der Waals surface area contributed by atoms with Gasteiger partial charge in [0.2, 0.25) is 0 Å². The van der Waals surface area contributed by atoms with Gasteiger partial charge in [-0.2, -0.15) is 0 Å². The average molecular weight is 218 g/mol. The van der Waals surface area contributed by atoms with Crippen LogP contribution in [0.3, 0.4) is 0 Å². The van der Waals surface area contributed by atoms with Crippen molar-refractivity contribution in [3.8, 4) is 5.75 Å². The maximum absolute atomic E-state index is 5.80. The highest BCUT2D eigenvalue weighted by atomic mass is 32.2. The van der Waals surface area contributed by atoms with Crippen LogP contribution in [0.1, 0.15) is 5.56 Å². The van der Waals surface area contributed by atoms with Crippen molar-refractivity contribution < 1.29 is 4.74 Å². The topological polar surface area (TPSA) is 9.23 Å². The predicted molar refractivity (Wildman–Crippen MR) is 66.7 cm³/mol. The Morgan fingerprint density at radius 2 is 1.93 bits per heavy atom. The minimum Gasteiger partial charge on any atom is -0.492 e. The third-order valence-corrected chi connectivity index (χ3v) is 5.12. The number of hydrogen-bond acceptors (Lipinski definition) is 1. The van der Waals surface area contributed by atoms with Gasteiger partial charge in [-0.3, -0.25) is 0 Å². The second kappa shape index (κ2) is 3.78. The van der Waals surface area contributed by atoms with Crippen molar-refractivity contribution in [2.45, 2.75) is 11.7 Å². The Balaban J connectivity index is 1.83. The Morgan fingerprint density at radius 3 is 2.80 bits per heavy atom. The van der Waals surface area contributed by atoms with Crippen LogP contribution in [-0.2, 0) is 6.42 Å². The van der Waals surface area contributed by atoms with Crippen LogP contribution in [0.5, 0.6) is 5.75 Å². The molecule has 0 bridgehead atoms. The Bertz CT molecular complexity index is 410. The summed E-state index contributed by atoms with van der Waals surface area (Å²) in [5.74, 6) is 1.08. The van der Waals surface area contributed by atoms with Crippen molar-refractivity contribution in [3.05, 3.63) is 52.8 Å². The molecule has 1 aromatic rings. The number of hydrogen-bond donors (Lipinski definition) is 1. The lowest BCUT2D eigenvalue weighted by atomic mass is 10.1. The van der Waals surface area contributed by atoms with Crippen molar-refractivity contribution in [3.63, 3.8) is 0 Å². The van der Waals surface area contributed by atoms with Crippen LogP contribution in [0, 0.1) is 0 Å². The van der Waals surface area contributed by atoms with Crippen LogP contribution in [0.15, 0.2) is 47.2 Å². The Hall–Kier alpha value is -1.15. The maximum atomic E-state index is 5.80. The van der Waals surface area contributed by atoms with Crippen LogP contribution in [0.25, 0.3) is 0 Å². The summed E-state index contributed by atoms with van der Waals surface area (Å²) in [5, 5.41) is 5.33. The largest absolute Gasteiger partial charge is 0.492 e. The number of para-hydroxylation sites is 1. The molecule has 2 heteroatoms. The molecule has 0 aliphatic carbocycles. The molecule has 1 aromatic carbocycles. The molecule has 0 fully saturated rings. The van der Waals surface area contributed by atoms with Gasteiger partial charge in [0.05, 0.1) is 6.61 Å². The molecule has 0 amide bonds. The first kappa shape index (κ1) is 9.10. The SMILES string of the molecule is C1=C[SH](C2COc3ccccc3C2)C=C1. The van der Waals surface area contributed by atoms with Crippen molar-refractivity contribution in [2.24, 2.45) is 0 Å². The number of allylic oxidation sites excluding steroid dienone is 2. The molecular formula is C13H14OS. The number of fused-ring (bicyclic) bond motifs is 1. The van der Waals surface area contributed by atoms with Crippen LogP contribution < -0.4 is 4.74 Å². The number of benzene rings is 1. The fourth-order valence-corrected chi connectivity index (χ4v) is 3.93. The molecule has 1 atom stereocenters. The molecule has 2 aliphatic heterocycles. The van der Waals surface area contributed by atoms with Gasteiger partial charge in [-0.25, -0.2) is 10.9 Å². The summed E-state index contributed by atoms with van der Waals surface area (Å²) in [6.07, 6.45) is 5.48. The van der Waals surface area contributed by atoms with Crippen LogP contribution >= 0.6 is 10.9 Å². The third-order valence-electron chi connectivity index (χ3n) is 2.91. The van der Waals surface area contributed by atoms with Gasteiger partial charge in [0, 0.05) is 5.25 Å². The van der Waals surface area contributed by atoms with Crippen LogP contribution in [0.4, 0.5) is 0 Å². The van der Waals surface area contributed by atoms with E-state index in [9.17, 15) is 0 Å². The van der Waals surface area contributed by atoms with Crippen LogP contribution in [0.2, 0.25) is 0 Å². The van der Waals surface area contributed by atoms with Gasteiger partial charge in [-0.1, -0.05) is 30.4 Å². The molecule has 0 saturated carbocycles. The van der Waals surface area contributed by atoms with Gasteiger partial charge in [0.25, 0.3) is 0 Å². The monoisotopic (exact) mass is 218 g/mol. The van der Waals surface area contributed by atoms with Gasteiger partial charge in [-0.15, -0.1) is 0 Å². The molecule has 1 unspecified atom stereocenters. The Labute approximate surface area is 92.8 Å². The number of thiol groups is 1. The van der Waals surface area contributed by atoms with E-state index < -0.39 is 0 Å².